The fraction of sp³-hybridized carbons (Fsp3) is 0.385. The molecule has 0 radical (unpaired) electrons. The summed E-state index contributed by atoms with van der Waals surface area (Å²) in [4.78, 5) is 15.8. The Morgan fingerprint density at radius 3 is 2.76 bits per heavy atom. The maximum absolute atomic E-state index is 12.0. The highest BCUT2D eigenvalue weighted by Gasteiger charge is 2.24. The van der Waals surface area contributed by atoms with Gasteiger partial charge in [0.25, 0.3) is 5.91 Å². The minimum Gasteiger partial charge on any atom is -0.461 e. The van der Waals surface area contributed by atoms with Gasteiger partial charge in [-0.25, -0.2) is 18.1 Å². The number of carbonyl (C=O) groups excluding carboxylic acids is 1. The summed E-state index contributed by atoms with van der Waals surface area (Å²) in [6.45, 7) is 3.81. The Hall–Kier alpha value is -2.09. The van der Waals surface area contributed by atoms with Crippen molar-refractivity contribution in [2.75, 3.05) is 5.75 Å². The van der Waals surface area contributed by atoms with Crippen molar-refractivity contribution in [3.63, 3.8) is 0 Å². The topological polar surface area (TPSA) is 102 Å². The Bertz CT molecular complexity index is 701. The second-order valence-electron chi connectivity index (χ2n) is 4.94. The SMILES string of the molecule is CC(C)CCS(=O)(=O)NC(=O)c1ncoc1-c1ccco1. The zero-order valence-corrected chi connectivity index (χ0v) is 12.5. The summed E-state index contributed by atoms with van der Waals surface area (Å²) in [5, 5.41) is 0. The third kappa shape index (κ3) is 3.94. The number of oxazole rings is 1. The summed E-state index contributed by atoms with van der Waals surface area (Å²) in [5.74, 6) is -0.334. The van der Waals surface area contributed by atoms with E-state index in [9.17, 15) is 13.2 Å². The number of amides is 1. The number of hydrogen-bond acceptors (Lipinski definition) is 6. The van der Waals surface area contributed by atoms with Crippen molar-refractivity contribution in [1.82, 2.24) is 9.71 Å². The van der Waals surface area contributed by atoms with Crippen LogP contribution in [0.15, 0.2) is 33.6 Å². The van der Waals surface area contributed by atoms with Crippen molar-refractivity contribution in [3.8, 4) is 11.5 Å². The van der Waals surface area contributed by atoms with E-state index in [1.54, 1.807) is 12.1 Å². The summed E-state index contributed by atoms with van der Waals surface area (Å²) >= 11 is 0. The Balaban J connectivity index is 2.13. The van der Waals surface area contributed by atoms with Gasteiger partial charge in [0, 0.05) is 0 Å². The lowest BCUT2D eigenvalue weighted by atomic mass is 10.2. The molecule has 1 N–H and O–H groups in total. The van der Waals surface area contributed by atoms with Gasteiger partial charge in [-0.2, -0.15) is 0 Å². The van der Waals surface area contributed by atoms with E-state index in [2.05, 4.69) is 4.98 Å². The molecule has 1 amide bonds. The average Bonchev–Trinajstić information content (AvgIpc) is 3.06. The third-order valence-corrected chi connectivity index (χ3v) is 4.01. The van der Waals surface area contributed by atoms with Crippen LogP contribution < -0.4 is 4.72 Å². The molecule has 2 aromatic heterocycles. The number of sulfonamides is 1. The average molecular weight is 312 g/mol. The molecule has 2 aromatic rings. The maximum atomic E-state index is 12.0. The Kier molecular flexibility index (Phi) is 4.46. The van der Waals surface area contributed by atoms with Gasteiger partial charge in [0.15, 0.2) is 17.8 Å². The Labute approximate surface area is 122 Å². The highest BCUT2D eigenvalue weighted by molar-refractivity contribution is 7.90. The third-order valence-electron chi connectivity index (χ3n) is 2.74. The summed E-state index contributed by atoms with van der Waals surface area (Å²) < 4.78 is 35.8. The quantitative estimate of drug-likeness (QED) is 0.875. The number of carbonyl (C=O) groups is 1. The van der Waals surface area contributed by atoms with E-state index < -0.39 is 15.9 Å². The molecule has 0 atom stereocenters. The molecule has 8 heteroatoms. The first-order valence-corrected chi connectivity index (χ1v) is 8.06. The molecule has 0 aliphatic heterocycles. The summed E-state index contributed by atoms with van der Waals surface area (Å²) in [6, 6.07) is 3.21. The van der Waals surface area contributed by atoms with E-state index in [4.69, 9.17) is 8.83 Å². The molecule has 0 bridgehead atoms. The number of nitrogens with one attached hydrogen (secondary N) is 1. The molecule has 0 saturated heterocycles. The highest BCUT2D eigenvalue weighted by Crippen LogP contribution is 2.23. The van der Waals surface area contributed by atoms with Crippen LogP contribution in [-0.4, -0.2) is 25.1 Å². The molecule has 0 fully saturated rings. The van der Waals surface area contributed by atoms with Crippen LogP contribution in [0.3, 0.4) is 0 Å². The molecule has 7 nitrogen and oxygen atoms in total. The lowest BCUT2D eigenvalue weighted by molar-refractivity contribution is 0.0977. The second kappa shape index (κ2) is 6.13. The Morgan fingerprint density at radius 2 is 2.14 bits per heavy atom. The number of hydrogen-bond donors (Lipinski definition) is 1. The molecule has 2 rings (SSSR count). The predicted molar refractivity (Wildman–Crippen MR) is 74.9 cm³/mol. The van der Waals surface area contributed by atoms with E-state index in [1.165, 1.54) is 6.26 Å². The van der Waals surface area contributed by atoms with Gasteiger partial charge in [0.1, 0.15) is 0 Å². The van der Waals surface area contributed by atoms with E-state index in [1.807, 2.05) is 18.6 Å². The van der Waals surface area contributed by atoms with Crippen molar-refractivity contribution < 1.29 is 22.0 Å². The van der Waals surface area contributed by atoms with E-state index in [0.29, 0.717) is 12.2 Å². The van der Waals surface area contributed by atoms with Crippen LogP contribution in [0.1, 0.15) is 30.8 Å². The zero-order chi connectivity index (χ0) is 15.5. The molecule has 0 unspecified atom stereocenters. The molecule has 0 saturated carbocycles. The van der Waals surface area contributed by atoms with Gasteiger partial charge in [-0.15, -0.1) is 0 Å². The van der Waals surface area contributed by atoms with E-state index >= 15 is 0 Å². The summed E-state index contributed by atoms with van der Waals surface area (Å²) in [6.07, 6.45) is 2.94. The number of furan rings is 1. The molecule has 0 spiro atoms. The summed E-state index contributed by atoms with van der Waals surface area (Å²) in [5.41, 5.74) is -0.127. The number of rotatable bonds is 6. The van der Waals surface area contributed by atoms with Crippen molar-refractivity contribution in [2.24, 2.45) is 5.92 Å². The zero-order valence-electron chi connectivity index (χ0n) is 11.7. The Morgan fingerprint density at radius 1 is 1.38 bits per heavy atom. The smallest absolute Gasteiger partial charge is 0.287 e. The van der Waals surface area contributed by atoms with Crippen molar-refractivity contribution in [3.05, 3.63) is 30.5 Å². The van der Waals surface area contributed by atoms with Gasteiger partial charge in [0.05, 0.1) is 12.0 Å². The lowest BCUT2D eigenvalue weighted by Crippen LogP contribution is -2.33. The van der Waals surface area contributed by atoms with Gasteiger partial charge in [-0.3, -0.25) is 4.79 Å². The van der Waals surface area contributed by atoms with Crippen molar-refractivity contribution >= 4 is 15.9 Å². The monoisotopic (exact) mass is 312 g/mol. The van der Waals surface area contributed by atoms with Gasteiger partial charge in [-0.05, 0) is 24.5 Å². The van der Waals surface area contributed by atoms with E-state index in [-0.39, 0.29) is 23.1 Å². The highest BCUT2D eigenvalue weighted by atomic mass is 32.2. The number of nitrogens with zero attached hydrogens (tertiary/aromatic N) is 1. The fourth-order valence-corrected chi connectivity index (χ4v) is 2.88. The number of aromatic nitrogens is 1. The van der Waals surface area contributed by atoms with Crippen molar-refractivity contribution in [1.29, 1.82) is 0 Å². The van der Waals surface area contributed by atoms with Crippen LogP contribution in [0.25, 0.3) is 11.5 Å². The molecule has 2 heterocycles. The van der Waals surface area contributed by atoms with Gasteiger partial charge >= 0.3 is 0 Å². The molecule has 114 valence electrons. The minimum atomic E-state index is -3.70. The van der Waals surface area contributed by atoms with Crippen LogP contribution in [0.5, 0.6) is 0 Å². The molecular weight excluding hydrogens is 296 g/mol. The second-order valence-corrected chi connectivity index (χ2v) is 6.78. The van der Waals surface area contributed by atoms with Gasteiger partial charge < -0.3 is 8.83 Å². The minimum absolute atomic E-state index is 0.0940. The van der Waals surface area contributed by atoms with Crippen molar-refractivity contribution in [2.45, 2.75) is 20.3 Å². The first kappa shape index (κ1) is 15.3. The van der Waals surface area contributed by atoms with Crippen LogP contribution in [0.4, 0.5) is 0 Å². The molecular formula is C13H16N2O5S. The van der Waals surface area contributed by atoms with Crippen LogP contribution in [-0.2, 0) is 10.0 Å². The first-order chi connectivity index (χ1) is 9.89. The van der Waals surface area contributed by atoms with Crippen LogP contribution >= 0.6 is 0 Å². The molecule has 0 aliphatic rings. The van der Waals surface area contributed by atoms with E-state index in [0.717, 1.165) is 6.39 Å². The maximum Gasteiger partial charge on any atom is 0.287 e. The standard InChI is InChI=1S/C13H16N2O5S/c1-9(2)5-7-21(17,18)15-13(16)11-12(20-8-14-11)10-4-3-6-19-10/h3-4,6,8-9H,5,7H2,1-2H3,(H,15,16). The normalized spacial score (nSPS) is 11.8. The molecule has 0 aliphatic carbocycles. The predicted octanol–water partition coefficient (Wildman–Crippen LogP) is 2.04. The van der Waals surface area contributed by atoms with Crippen LogP contribution in [0.2, 0.25) is 0 Å². The van der Waals surface area contributed by atoms with Crippen LogP contribution in [0, 0.1) is 5.92 Å². The van der Waals surface area contributed by atoms with Gasteiger partial charge in [0.2, 0.25) is 15.8 Å². The van der Waals surface area contributed by atoms with Gasteiger partial charge in [-0.1, -0.05) is 13.8 Å². The molecule has 0 aromatic carbocycles. The molecule has 21 heavy (non-hydrogen) atoms. The first-order valence-electron chi connectivity index (χ1n) is 6.41. The summed E-state index contributed by atoms with van der Waals surface area (Å²) in [7, 11) is -3.70. The fourth-order valence-electron chi connectivity index (χ4n) is 1.62. The largest absolute Gasteiger partial charge is 0.461 e. The lowest BCUT2D eigenvalue weighted by Gasteiger charge is -2.07.